The number of carboxylic acids is 1. The number of benzene rings is 2. The molecule has 0 unspecified atom stereocenters. The van der Waals surface area contributed by atoms with Crippen molar-refractivity contribution in [2.75, 3.05) is 6.54 Å². The molecule has 0 aliphatic carbocycles. The third kappa shape index (κ3) is 4.89. The van der Waals surface area contributed by atoms with Gasteiger partial charge in [-0.15, -0.1) is 0 Å². The van der Waals surface area contributed by atoms with Crippen LogP contribution in [0.5, 0.6) is 17.2 Å². The third-order valence-electron chi connectivity index (χ3n) is 3.52. The largest absolute Gasteiger partial charge is 0.508 e. The van der Waals surface area contributed by atoms with E-state index in [0.29, 0.717) is 18.5 Å². The number of nitrogens with one attached hydrogen (secondary N) is 1. The second-order valence-electron chi connectivity index (χ2n) is 5.28. The van der Waals surface area contributed by atoms with Gasteiger partial charge in [-0.25, -0.2) is 0 Å². The summed E-state index contributed by atoms with van der Waals surface area (Å²) in [6.45, 7) is 0.339. The van der Waals surface area contributed by atoms with Gasteiger partial charge in [0.2, 0.25) is 0 Å². The van der Waals surface area contributed by atoms with Gasteiger partial charge in [0.15, 0.2) is 0 Å². The number of carbonyl (C=O) groups is 1. The highest BCUT2D eigenvalue weighted by Crippen LogP contribution is 2.22. The van der Waals surface area contributed by atoms with E-state index in [-0.39, 0.29) is 23.7 Å². The van der Waals surface area contributed by atoms with Gasteiger partial charge in [0.1, 0.15) is 23.3 Å². The second-order valence-corrected chi connectivity index (χ2v) is 5.28. The third-order valence-corrected chi connectivity index (χ3v) is 3.52. The van der Waals surface area contributed by atoms with Gasteiger partial charge in [-0.2, -0.15) is 0 Å². The van der Waals surface area contributed by atoms with E-state index in [1.54, 1.807) is 12.1 Å². The van der Waals surface area contributed by atoms with Crippen molar-refractivity contribution in [2.45, 2.75) is 18.9 Å². The van der Waals surface area contributed by atoms with Crippen LogP contribution in [0.2, 0.25) is 0 Å². The van der Waals surface area contributed by atoms with Crippen LogP contribution >= 0.6 is 0 Å². The molecular weight excluding hydrogens is 298 g/mol. The maximum absolute atomic E-state index is 11.3. The maximum Gasteiger partial charge on any atom is 0.321 e. The zero-order chi connectivity index (χ0) is 16.8. The van der Waals surface area contributed by atoms with E-state index in [1.165, 1.54) is 30.3 Å². The highest BCUT2D eigenvalue weighted by atomic mass is 16.4. The highest BCUT2D eigenvalue weighted by Gasteiger charge is 2.17. The molecule has 6 nitrogen and oxygen atoms in total. The fourth-order valence-corrected chi connectivity index (χ4v) is 2.27. The van der Waals surface area contributed by atoms with Gasteiger partial charge in [0, 0.05) is 6.54 Å². The molecule has 2 aromatic rings. The van der Waals surface area contributed by atoms with Crippen molar-refractivity contribution in [3.63, 3.8) is 0 Å². The summed E-state index contributed by atoms with van der Waals surface area (Å²) in [6.07, 6.45) is 0.668. The summed E-state index contributed by atoms with van der Waals surface area (Å²) in [5.74, 6) is -0.724. The van der Waals surface area contributed by atoms with Crippen molar-refractivity contribution in [2.24, 2.45) is 0 Å². The fourth-order valence-electron chi connectivity index (χ4n) is 2.27. The normalized spacial score (nSPS) is 12.0. The summed E-state index contributed by atoms with van der Waals surface area (Å²) in [5, 5.41) is 40.5. The standard InChI is InChI=1S/C17H19NO5/c19-13-3-1-11(2-4-13)9-15(17(22)23)18-8-7-12-10-14(20)5-6-16(12)21/h1-6,10,15,18-21H,7-9H2,(H,22,23)/t15-/m0/s1. The molecule has 0 aliphatic heterocycles. The lowest BCUT2D eigenvalue weighted by Gasteiger charge is -2.15. The monoisotopic (exact) mass is 317 g/mol. The Morgan fingerprint density at radius 2 is 1.65 bits per heavy atom. The Balaban J connectivity index is 1.93. The number of carboxylic acid groups (broad SMARTS) is 1. The van der Waals surface area contributed by atoms with Gasteiger partial charge in [-0.3, -0.25) is 4.79 Å². The summed E-state index contributed by atoms with van der Waals surface area (Å²) in [6, 6.07) is 9.83. The molecule has 23 heavy (non-hydrogen) atoms. The quantitative estimate of drug-likeness (QED) is 0.497. The van der Waals surface area contributed by atoms with Crippen LogP contribution in [-0.4, -0.2) is 39.0 Å². The first kappa shape index (κ1) is 16.6. The SMILES string of the molecule is O=C(O)[C@H](Cc1ccc(O)cc1)NCCc1cc(O)ccc1O. The molecule has 0 saturated carbocycles. The number of aromatic hydroxyl groups is 3. The van der Waals surface area contributed by atoms with Gasteiger partial charge < -0.3 is 25.7 Å². The molecule has 0 spiro atoms. The first-order chi connectivity index (χ1) is 11.0. The van der Waals surface area contributed by atoms with Crippen LogP contribution in [0.4, 0.5) is 0 Å². The second kappa shape index (κ2) is 7.51. The van der Waals surface area contributed by atoms with Crippen LogP contribution < -0.4 is 5.32 Å². The molecule has 0 aliphatic rings. The molecule has 2 aromatic carbocycles. The van der Waals surface area contributed by atoms with E-state index in [4.69, 9.17) is 0 Å². The lowest BCUT2D eigenvalue weighted by molar-refractivity contribution is -0.139. The summed E-state index contributed by atoms with van der Waals surface area (Å²) in [5.41, 5.74) is 1.34. The highest BCUT2D eigenvalue weighted by molar-refractivity contribution is 5.73. The Morgan fingerprint density at radius 3 is 2.30 bits per heavy atom. The zero-order valence-corrected chi connectivity index (χ0v) is 12.4. The number of hydrogen-bond acceptors (Lipinski definition) is 5. The van der Waals surface area contributed by atoms with E-state index in [2.05, 4.69) is 5.32 Å². The molecule has 1 atom stereocenters. The van der Waals surface area contributed by atoms with Crippen LogP contribution in [0.1, 0.15) is 11.1 Å². The topological polar surface area (TPSA) is 110 Å². The van der Waals surface area contributed by atoms with E-state index in [9.17, 15) is 25.2 Å². The summed E-state index contributed by atoms with van der Waals surface area (Å²) in [7, 11) is 0. The van der Waals surface area contributed by atoms with Gasteiger partial charge in [-0.05, 0) is 54.3 Å². The van der Waals surface area contributed by atoms with Crippen LogP contribution in [0.25, 0.3) is 0 Å². The Bertz CT molecular complexity index is 669. The van der Waals surface area contributed by atoms with Gasteiger partial charge in [0.05, 0.1) is 0 Å². The van der Waals surface area contributed by atoms with Crippen LogP contribution in [0.15, 0.2) is 42.5 Å². The molecular formula is C17H19NO5. The molecule has 0 aromatic heterocycles. The number of hydrogen-bond donors (Lipinski definition) is 5. The molecule has 0 fully saturated rings. The smallest absolute Gasteiger partial charge is 0.321 e. The lowest BCUT2D eigenvalue weighted by atomic mass is 10.1. The van der Waals surface area contributed by atoms with Crippen molar-refractivity contribution >= 4 is 5.97 Å². The minimum atomic E-state index is -0.974. The summed E-state index contributed by atoms with van der Waals surface area (Å²) in [4.78, 5) is 11.3. The Morgan fingerprint density at radius 1 is 1.00 bits per heavy atom. The minimum absolute atomic E-state index is 0.0525. The van der Waals surface area contributed by atoms with E-state index >= 15 is 0 Å². The predicted octanol–water partition coefficient (Wildman–Crippen LogP) is 1.63. The molecule has 5 N–H and O–H groups in total. The van der Waals surface area contributed by atoms with E-state index in [0.717, 1.165) is 5.56 Å². The first-order valence-electron chi connectivity index (χ1n) is 7.20. The van der Waals surface area contributed by atoms with Gasteiger partial charge in [0.25, 0.3) is 0 Å². The number of phenols is 3. The predicted molar refractivity (Wildman–Crippen MR) is 84.7 cm³/mol. The lowest BCUT2D eigenvalue weighted by Crippen LogP contribution is -2.39. The molecule has 0 radical (unpaired) electrons. The molecule has 6 heteroatoms. The molecule has 0 bridgehead atoms. The van der Waals surface area contributed by atoms with Crippen molar-refractivity contribution in [1.29, 1.82) is 0 Å². The summed E-state index contributed by atoms with van der Waals surface area (Å²) < 4.78 is 0. The number of rotatable bonds is 7. The van der Waals surface area contributed by atoms with Gasteiger partial charge in [-0.1, -0.05) is 12.1 Å². The van der Waals surface area contributed by atoms with E-state index in [1.807, 2.05) is 0 Å². The fraction of sp³-hybridized carbons (Fsp3) is 0.235. The van der Waals surface area contributed by atoms with Crippen LogP contribution in [0, 0.1) is 0 Å². The Labute approximate surface area is 133 Å². The number of phenolic OH excluding ortho intramolecular Hbond substituents is 3. The van der Waals surface area contributed by atoms with Crippen molar-refractivity contribution in [1.82, 2.24) is 5.32 Å². The average Bonchev–Trinajstić information content (AvgIpc) is 2.51. The van der Waals surface area contributed by atoms with E-state index < -0.39 is 12.0 Å². The minimum Gasteiger partial charge on any atom is -0.508 e. The van der Waals surface area contributed by atoms with Crippen molar-refractivity contribution < 1.29 is 25.2 Å². The average molecular weight is 317 g/mol. The molecule has 0 saturated heterocycles. The van der Waals surface area contributed by atoms with Crippen LogP contribution in [-0.2, 0) is 17.6 Å². The van der Waals surface area contributed by atoms with Crippen molar-refractivity contribution in [3.8, 4) is 17.2 Å². The molecule has 2 rings (SSSR count). The van der Waals surface area contributed by atoms with Gasteiger partial charge >= 0.3 is 5.97 Å². The Hall–Kier alpha value is -2.73. The molecule has 122 valence electrons. The van der Waals surface area contributed by atoms with Crippen LogP contribution in [0.3, 0.4) is 0 Å². The number of aliphatic carboxylic acids is 1. The van der Waals surface area contributed by atoms with Crippen molar-refractivity contribution in [3.05, 3.63) is 53.6 Å². The zero-order valence-electron chi connectivity index (χ0n) is 12.4. The maximum atomic E-state index is 11.3. The first-order valence-corrected chi connectivity index (χ1v) is 7.20. The Kier molecular flexibility index (Phi) is 5.43. The molecule has 0 heterocycles. The molecule has 0 amide bonds. The summed E-state index contributed by atoms with van der Waals surface area (Å²) >= 11 is 0.